The molecule has 1 aliphatic rings. The molecule has 0 amide bonds. The minimum Gasteiger partial charge on any atom is -0.395 e. The second kappa shape index (κ2) is 8.20. The van der Waals surface area contributed by atoms with E-state index < -0.39 is 0 Å². The summed E-state index contributed by atoms with van der Waals surface area (Å²) in [5, 5.41) is 13.0. The van der Waals surface area contributed by atoms with Crippen molar-refractivity contribution >= 4 is 0 Å². The molecule has 19 heavy (non-hydrogen) atoms. The van der Waals surface area contributed by atoms with Crippen LogP contribution in [-0.4, -0.2) is 62.0 Å². The van der Waals surface area contributed by atoms with Crippen LogP contribution in [0.3, 0.4) is 0 Å². The molecule has 1 saturated heterocycles. The summed E-state index contributed by atoms with van der Waals surface area (Å²) in [7, 11) is 0. The maximum atomic E-state index is 9.44. The summed E-state index contributed by atoms with van der Waals surface area (Å²) in [5.41, 5.74) is 0.264. The van der Waals surface area contributed by atoms with Crippen LogP contribution in [-0.2, 0) is 4.74 Å². The number of rotatable bonds is 8. The van der Waals surface area contributed by atoms with Gasteiger partial charge in [0.25, 0.3) is 0 Å². The van der Waals surface area contributed by atoms with Crippen LogP contribution in [0.25, 0.3) is 0 Å². The van der Waals surface area contributed by atoms with Gasteiger partial charge < -0.3 is 15.2 Å². The van der Waals surface area contributed by atoms with Crippen LogP contribution in [0, 0.1) is 11.3 Å². The molecule has 0 aromatic carbocycles. The number of nitrogens with one attached hydrogen (secondary N) is 1. The molecule has 0 radical (unpaired) electrons. The summed E-state index contributed by atoms with van der Waals surface area (Å²) < 4.78 is 5.45. The summed E-state index contributed by atoms with van der Waals surface area (Å²) >= 11 is 0. The van der Waals surface area contributed by atoms with E-state index in [0.717, 1.165) is 39.2 Å². The standard InChI is InChI=1S/C15H32N2O2/c1-5-15(4,11-16-8-13(2)3)12-17-6-7-19-10-14(17)9-18/h13-14,16,18H,5-12H2,1-4H3. The highest BCUT2D eigenvalue weighted by molar-refractivity contribution is 4.84. The quantitative estimate of drug-likeness (QED) is 0.700. The number of aliphatic hydroxyl groups is 1. The first-order valence-electron chi connectivity index (χ1n) is 7.64. The molecule has 0 saturated carbocycles. The van der Waals surface area contributed by atoms with Gasteiger partial charge in [0, 0.05) is 19.6 Å². The normalized spacial score (nSPS) is 24.6. The molecule has 2 N–H and O–H groups in total. The molecule has 2 atom stereocenters. The molecule has 0 bridgehead atoms. The molecule has 0 aromatic heterocycles. The van der Waals surface area contributed by atoms with Crippen LogP contribution in [0.1, 0.15) is 34.1 Å². The number of hydrogen-bond acceptors (Lipinski definition) is 4. The smallest absolute Gasteiger partial charge is 0.0644 e. The van der Waals surface area contributed by atoms with Crippen molar-refractivity contribution < 1.29 is 9.84 Å². The lowest BCUT2D eigenvalue weighted by Crippen LogP contribution is -2.53. The molecule has 114 valence electrons. The Hall–Kier alpha value is -0.160. The fourth-order valence-electron chi connectivity index (χ4n) is 2.51. The predicted octanol–water partition coefficient (Wildman–Crippen LogP) is 1.34. The summed E-state index contributed by atoms with van der Waals surface area (Å²) in [4.78, 5) is 2.39. The van der Waals surface area contributed by atoms with Crippen molar-refractivity contribution in [2.75, 3.05) is 46.0 Å². The zero-order chi connectivity index (χ0) is 14.3. The van der Waals surface area contributed by atoms with Gasteiger partial charge in [0.15, 0.2) is 0 Å². The van der Waals surface area contributed by atoms with Gasteiger partial charge in [-0.3, -0.25) is 4.90 Å². The van der Waals surface area contributed by atoms with Crippen molar-refractivity contribution in [3.63, 3.8) is 0 Å². The van der Waals surface area contributed by atoms with Crippen LogP contribution >= 0.6 is 0 Å². The van der Waals surface area contributed by atoms with Crippen molar-refractivity contribution in [3.8, 4) is 0 Å². The lowest BCUT2D eigenvalue weighted by Gasteiger charge is -2.41. The number of ether oxygens (including phenoxy) is 1. The third-order valence-corrected chi connectivity index (χ3v) is 4.10. The summed E-state index contributed by atoms with van der Waals surface area (Å²) in [6.07, 6.45) is 1.15. The van der Waals surface area contributed by atoms with Crippen molar-refractivity contribution in [2.45, 2.75) is 40.2 Å². The minimum absolute atomic E-state index is 0.171. The van der Waals surface area contributed by atoms with Crippen LogP contribution in [0.5, 0.6) is 0 Å². The number of hydrogen-bond donors (Lipinski definition) is 2. The van der Waals surface area contributed by atoms with Crippen LogP contribution in [0.2, 0.25) is 0 Å². The van der Waals surface area contributed by atoms with Crippen LogP contribution in [0.15, 0.2) is 0 Å². The average Bonchev–Trinajstić information content (AvgIpc) is 2.39. The molecule has 0 aliphatic carbocycles. The minimum atomic E-state index is 0.171. The highest BCUT2D eigenvalue weighted by atomic mass is 16.5. The first-order valence-corrected chi connectivity index (χ1v) is 7.64. The summed E-state index contributed by atoms with van der Waals surface area (Å²) in [6.45, 7) is 14.8. The average molecular weight is 272 g/mol. The van der Waals surface area contributed by atoms with E-state index in [0.29, 0.717) is 12.5 Å². The number of morpholine rings is 1. The van der Waals surface area contributed by atoms with Crippen molar-refractivity contribution in [2.24, 2.45) is 11.3 Å². The predicted molar refractivity (Wildman–Crippen MR) is 79.4 cm³/mol. The monoisotopic (exact) mass is 272 g/mol. The van der Waals surface area contributed by atoms with E-state index in [1.54, 1.807) is 0 Å². The van der Waals surface area contributed by atoms with E-state index in [1.807, 2.05) is 0 Å². The molecule has 1 aliphatic heterocycles. The molecular formula is C15H32N2O2. The highest BCUT2D eigenvalue weighted by Crippen LogP contribution is 2.24. The Morgan fingerprint density at radius 3 is 2.79 bits per heavy atom. The fourth-order valence-corrected chi connectivity index (χ4v) is 2.51. The SMILES string of the molecule is CCC(C)(CNCC(C)C)CN1CCOCC1CO. The lowest BCUT2D eigenvalue weighted by molar-refractivity contribution is -0.0430. The molecule has 0 aromatic rings. The van der Waals surface area contributed by atoms with E-state index in [-0.39, 0.29) is 18.1 Å². The molecule has 4 heteroatoms. The van der Waals surface area contributed by atoms with Gasteiger partial charge in [-0.2, -0.15) is 0 Å². The van der Waals surface area contributed by atoms with Gasteiger partial charge in [0.2, 0.25) is 0 Å². The van der Waals surface area contributed by atoms with E-state index in [1.165, 1.54) is 0 Å². The van der Waals surface area contributed by atoms with Crippen LogP contribution < -0.4 is 5.32 Å². The third-order valence-electron chi connectivity index (χ3n) is 4.10. The van der Waals surface area contributed by atoms with Gasteiger partial charge in [-0.15, -0.1) is 0 Å². The van der Waals surface area contributed by atoms with Crippen LogP contribution in [0.4, 0.5) is 0 Å². The fraction of sp³-hybridized carbons (Fsp3) is 1.00. The van der Waals surface area contributed by atoms with E-state index in [2.05, 4.69) is 37.9 Å². The van der Waals surface area contributed by atoms with Gasteiger partial charge in [0.05, 0.1) is 25.9 Å². The number of aliphatic hydroxyl groups excluding tert-OH is 1. The Morgan fingerprint density at radius 1 is 1.47 bits per heavy atom. The van der Waals surface area contributed by atoms with Gasteiger partial charge in [-0.25, -0.2) is 0 Å². The topological polar surface area (TPSA) is 44.7 Å². The van der Waals surface area contributed by atoms with E-state index in [9.17, 15) is 5.11 Å². The van der Waals surface area contributed by atoms with Gasteiger partial charge in [0.1, 0.15) is 0 Å². The van der Waals surface area contributed by atoms with E-state index in [4.69, 9.17) is 4.74 Å². The largest absolute Gasteiger partial charge is 0.395 e. The molecule has 1 heterocycles. The second-order valence-electron chi connectivity index (χ2n) is 6.57. The Morgan fingerprint density at radius 2 is 2.21 bits per heavy atom. The molecule has 0 spiro atoms. The second-order valence-corrected chi connectivity index (χ2v) is 6.57. The van der Waals surface area contributed by atoms with Crippen molar-refractivity contribution in [3.05, 3.63) is 0 Å². The Kier molecular flexibility index (Phi) is 7.29. The highest BCUT2D eigenvalue weighted by Gasteiger charge is 2.30. The Bertz CT molecular complexity index is 248. The van der Waals surface area contributed by atoms with Crippen molar-refractivity contribution in [1.82, 2.24) is 10.2 Å². The first-order chi connectivity index (χ1) is 9.00. The summed E-state index contributed by atoms with van der Waals surface area (Å²) in [6, 6.07) is 0.171. The zero-order valence-corrected chi connectivity index (χ0v) is 13.1. The van der Waals surface area contributed by atoms with Gasteiger partial charge in [-0.05, 0) is 24.3 Å². The molecule has 1 rings (SSSR count). The maximum absolute atomic E-state index is 9.44. The van der Waals surface area contributed by atoms with E-state index >= 15 is 0 Å². The van der Waals surface area contributed by atoms with Gasteiger partial charge >= 0.3 is 0 Å². The maximum Gasteiger partial charge on any atom is 0.0644 e. The summed E-state index contributed by atoms with van der Waals surface area (Å²) in [5.74, 6) is 0.690. The lowest BCUT2D eigenvalue weighted by atomic mass is 9.86. The molecule has 2 unspecified atom stereocenters. The molecular weight excluding hydrogens is 240 g/mol. The Labute approximate surface area is 118 Å². The first kappa shape index (κ1) is 16.9. The molecule has 1 fully saturated rings. The number of nitrogens with zero attached hydrogens (tertiary/aromatic N) is 1. The zero-order valence-electron chi connectivity index (χ0n) is 13.1. The third kappa shape index (κ3) is 5.78. The molecule has 4 nitrogen and oxygen atoms in total. The Balaban J connectivity index is 2.48. The van der Waals surface area contributed by atoms with Crippen molar-refractivity contribution in [1.29, 1.82) is 0 Å². The van der Waals surface area contributed by atoms with Gasteiger partial charge in [-0.1, -0.05) is 27.7 Å².